The number of anilines is 2. The molecular weight excluding hydrogens is 498 g/mol. The van der Waals surface area contributed by atoms with Crippen LogP contribution in [0.25, 0.3) is 11.0 Å². The first-order valence-corrected chi connectivity index (χ1v) is 11.3. The standard InChI is InChI=1S/C26H20BrN3O4/c1-29(2)18-6-8-19(9-7-18)30-23(15-4-3-11-28-14-15)22(25(32)26(30)33)24(31)21-13-16-12-17(27)5-10-20(16)34-21/h3-14,23,32H,1-2H3. The Morgan fingerprint density at radius 2 is 1.88 bits per heavy atom. The van der Waals surface area contributed by atoms with Crippen LogP contribution >= 0.6 is 15.9 Å². The van der Waals surface area contributed by atoms with Gasteiger partial charge >= 0.3 is 0 Å². The summed E-state index contributed by atoms with van der Waals surface area (Å²) in [6, 6.07) is 17.0. The van der Waals surface area contributed by atoms with Crippen molar-refractivity contribution in [3.63, 3.8) is 0 Å². The van der Waals surface area contributed by atoms with Crippen molar-refractivity contribution in [2.24, 2.45) is 0 Å². The number of carbonyl (C=O) groups excluding carboxylic acids is 2. The van der Waals surface area contributed by atoms with Gasteiger partial charge in [-0.3, -0.25) is 19.5 Å². The van der Waals surface area contributed by atoms with Gasteiger partial charge < -0.3 is 14.4 Å². The lowest BCUT2D eigenvalue weighted by Gasteiger charge is -2.27. The van der Waals surface area contributed by atoms with E-state index in [9.17, 15) is 14.7 Å². The van der Waals surface area contributed by atoms with Gasteiger partial charge in [0.2, 0.25) is 5.78 Å². The minimum atomic E-state index is -0.862. The summed E-state index contributed by atoms with van der Waals surface area (Å²) in [4.78, 5) is 34.4. The van der Waals surface area contributed by atoms with Gasteiger partial charge in [-0.1, -0.05) is 22.0 Å². The van der Waals surface area contributed by atoms with Crippen molar-refractivity contribution in [2.75, 3.05) is 23.9 Å². The third-order valence-corrected chi connectivity index (χ3v) is 6.29. The number of ketones is 1. The summed E-state index contributed by atoms with van der Waals surface area (Å²) < 4.78 is 6.63. The Kier molecular flexibility index (Phi) is 5.45. The Labute approximate surface area is 204 Å². The molecule has 1 aliphatic rings. The van der Waals surface area contributed by atoms with Crippen LogP contribution < -0.4 is 9.80 Å². The van der Waals surface area contributed by atoms with Gasteiger partial charge in [0.05, 0.1) is 11.6 Å². The molecule has 5 rings (SSSR count). The fourth-order valence-corrected chi connectivity index (χ4v) is 4.51. The number of aliphatic hydroxyl groups is 1. The van der Waals surface area contributed by atoms with Gasteiger partial charge in [0.15, 0.2) is 11.5 Å². The topological polar surface area (TPSA) is 86.9 Å². The lowest BCUT2D eigenvalue weighted by Crippen LogP contribution is -2.31. The van der Waals surface area contributed by atoms with Crippen LogP contribution in [0.5, 0.6) is 0 Å². The van der Waals surface area contributed by atoms with Crippen molar-refractivity contribution in [2.45, 2.75) is 6.04 Å². The normalized spacial score (nSPS) is 15.9. The highest BCUT2D eigenvalue weighted by Gasteiger charge is 2.45. The predicted molar refractivity (Wildman–Crippen MR) is 133 cm³/mol. The summed E-state index contributed by atoms with van der Waals surface area (Å²) in [5.74, 6) is -1.77. The molecule has 0 aliphatic carbocycles. The number of rotatable bonds is 5. The van der Waals surface area contributed by atoms with E-state index in [0.29, 0.717) is 16.8 Å². The van der Waals surface area contributed by atoms with Crippen molar-refractivity contribution in [1.82, 2.24) is 4.98 Å². The number of halogens is 1. The Morgan fingerprint density at radius 3 is 2.56 bits per heavy atom. The number of aromatic nitrogens is 1. The maximum Gasteiger partial charge on any atom is 0.294 e. The first-order valence-electron chi connectivity index (χ1n) is 10.5. The van der Waals surface area contributed by atoms with Crippen LogP contribution in [0.15, 0.2) is 93.3 Å². The number of hydrogen-bond acceptors (Lipinski definition) is 6. The van der Waals surface area contributed by atoms with E-state index in [1.54, 1.807) is 48.8 Å². The molecule has 0 saturated carbocycles. The zero-order valence-corrected chi connectivity index (χ0v) is 20.0. The molecule has 1 atom stereocenters. The Bertz CT molecular complexity index is 1440. The number of pyridine rings is 1. The molecule has 2 aromatic carbocycles. The van der Waals surface area contributed by atoms with Crippen LogP contribution in [0, 0.1) is 0 Å². The lowest BCUT2D eigenvalue weighted by atomic mass is 9.96. The van der Waals surface area contributed by atoms with Gasteiger partial charge in [0.25, 0.3) is 5.91 Å². The molecule has 8 heteroatoms. The molecule has 2 aromatic heterocycles. The summed E-state index contributed by atoms with van der Waals surface area (Å²) in [7, 11) is 3.84. The van der Waals surface area contributed by atoms with Crippen LogP contribution in [0.2, 0.25) is 0 Å². The molecule has 0 bridgehead atoms. The summed E-state index contributed by atoms with van der Waals surface area (Å²) in [6.45, 7) is 0. The average Bonchev–Trinajstić information content (AvgIpc) is 3.38. The molecule has 1 N–H and O–H groups in total. The minimum Gasteiger partial charge on any atom is -0.503 e. The summed E-state index contributed by atoms with van der Waals surface area (Å²) >= 11 is 3.41. The van der Waals surface area contributed by atoms with E-state index in [-0.39, 0.29) is 11.3 Å². The zero-order valence-electron chi connectivity index (χ0n) is 18.4. The molecule has 4 aromatic rings. The number of carbonyl (C=O) groups is 2. The van der Waals surface area contributed by atoms with Crippen molar-refractivity contribution < 1.29 is 19.1 Å². The molecule has 1 aliphatic heterocycles. The van der Waals surface area contributed by atoms with Gasteiger partial charge in [-0.2, -0.15) is 0 Å². The molecule has 0 fully saturated rings. The van der Waals surface area contributed by atoms with Gasteiger partial charge in [-0.25, -0.2) is 0 Å². The predicted octanol–water partition coefficient (Wildman–Crippen LogP) is 5.44. The highest BCUT2D eigenvalue weighted by Crippen LogP contribution is 2.42. The maximum atomic E-state index is 13.6. The number of benzene rings is 2. The second-order valence-corrected chi connectivity index (χ2v) is 9.07. The Balaban J connectivity index is 1.62. The first kappa shape index (κ1) is 21.9. The SMILES string of the molecule is CN(C)c1ccc(N2C(=O)C(O)=C(C(=O)c3cc4cc(Br)ccc4o3)C2c2cccnc2)cc1. The summed E-state index contributed by atoms with van der Waals surface area (Å²) in [6.07, 6.45) is 3.19. The van der Waals surface area contributed by atoms with Gasteiger partial charge in [0, 0.05) is 47.7 Å². The largest absolute Gasteiger partial charge is 0.503 e. The highest BCUT2D eigenvalue weighted by atomic mass is 79.9. The number of amides is 1. The third kappa shape index (κ3) is 3.66. The number of nitrogens with zero attached hydrogens (tertiary/aromatic N) is 3. The van der Waals surface area contributed by atoms with Gasteiger partial charge in [-0.15, -0.1) is 0 Å². The molecule has 34 heavy (non-hydrogen) atoms. The number of hydrogen-bond donors (Lipinski definition) is 1. The van der Waals surface area contributed by atoms with E-state index in [2.05, 4.69) is 20.9 Å². The fourth-order valence-electron chi connectivity index (χ4n) is 4.13. The van der Waals surface area contributed by atoms with Gasteiger partial charge in [-0.05, 0) is 60.2 Å². The van der Waals surface area contributed by atoms with Crippen LogP contribution in [0.1, 0.15) is 22.2 Å². The second kappa shape index (κ2) is 8.46. The number of aliphatic hydroxyl groups excluding tert-OH is 1. The van der Waals surface area contributed by atoms with Crippen LogP contribution in [0.3, 0.4) is 0 Å². The van der Waals surface area contributed by atoms with E-state index in [1.807, 2.05) is 43.3 Å². The van der Waals surface area contributed by atoms with Crippen molar-refractivity contribution in [3.05, 3.63) is 100 Å². The monoisotopic (exact) mass is 517 g/mol. The molecule has 7 nitrogen and oxygen atoms in total. The highest BCUT2D eigenvalue weighted by molar-refractivity contribution is 9.10. The van der Waals surface area contributed by atoms with Crippen molar-refractivity contribution >= 4 is 50.0 Å². The second-order valence-electron chi connectivity index (χ2n) is 8.16. The van der Waals surface area contributed by atoms with Gasteiger partial charge in [0.1, 0.15) is 5.58 Å². The van der Waals surface area contributed by atoms with E-state index in [0.717, 1.165) is 15.5 Å². The molecule has 1 unspecified atom stereocenters. The Hall–Kier alpha value is -3.91. The average molecular weight is 518 g/mol. The molecule has 0 radical (unpaired) electrons. The fraction of sp³-hybridized carbons (Fsp3) is 0.115. The smallest absolute Gasteiger partial charge is 0.294 e. The molecule has 0 saturated heterocycles. The molecule has 3 heterocycles. The first-order chi connectivity index (χ1) is 16.3. The van der Waals surface area contributed by atoms with E-state index in [1.165, 1.54) is 4.90 Å². The molecule has 0 spiro atoms. The Morgan fingerprint density at radius 1 is 1.12 bits per heavy atom. The molecule has 1 amide bonds. The van der Waals surface area contributed by atoms with Crippen molar-refractivity contribution in [1.29, 1.82) is 0 Å². The molecular formula is C26H20BrN3O4. The summed E-state index contributed by atoms with van der Waals surface area (Å²) in [5, 5.41) is 11.6. The summed E-state index contributed by atoms with van der Waals surface area (Å²) in [5.41, 5.74) is 2.58. The minimum absolute atomic E-state index is 0.0427. The lowest BCUT2D eigenvalue weighted by molar-refractivity contribution is -0.117. The van der Waals surface area contributed by atoms with Crippen LogP contribution in [0.4, 0.5) is 11.4 Å². The number of furan rings is 1. The third-order valence-electron chi connectivity index (χ3n) is 5.80. The van der Waals surface area contributed by atoms with E-state index in [4.69, 9.17) is 4.42 Å². The van der Waals surface area contributed by atoms with E-state index < -0.39 is 23.5 Å². The number of Topliss-reactive ketones (excluding diaryl/α,β-unsaturated/α-hetero) is 1. The van der Waals surface area contributed by atoms with E-state index >= 15 is 0 Å². The quantitative estimate of drug-likeness (QED) is 0.354. The van der Waals surface area contributed by atoms with Crippen LogP contribution in [-0.2, 0) is 4.79 Å². The maximum absolute atomic E-state index is 13.6. The zero-order chi connectivity index (χ0) is 24.0. The van der Waals surface area contributed by atoms with Crippen LogP contribution in [-0.4, -0.2) is 35.9 Å². The van der Waals surface area contributed by atoms with Crippen molar-refractivity contribution in [3.8, 4) is 0 Å². The number of fused-ring (bicyclic) bond motifs is 1. The molecule has 170 valence electrons.